The molecule has 4 nitrogen and oxygen atoms in total. The average molecular weight is 275 g/mol. The molecule has 0 spiro atoms. The maximum Gasteiger partial charge on any atom is 0.144 e. The van der Waals surface area contributed by atoms with Gasteiger partial charge in [-0.05, 0) is 18.2 Å². The van der Waals surface area contributed by atoms with Gasteiger partial charge in [0.2, 0.25) is 0 Å². The second-order valence-corrected chi connectivity index (χ2v) is 4.67. The number of aromatic hydroxyl groups is 1. The van der Waals surface area contributed by atoms with Crippen LogP contribution in [-0.2, 0) is 6.54 Å². The minimum Gasteiger partial charge on any atom is -0.508 e. The molecule has 0 radical (unpaired) electrons. The third-order valence-electron chi connectivity index (χ3n) is 3.28. The van der Waals surface area contributed by atoms with E-state index in [2.05, 4.69) is 16.4 Å². The zero-order valence-corrected chi connectivity index (χ0v) is 11.2. The lowest BCUT2D eigenvalue weighted by molar-refractivity contribution is 0.469. The zero-order chi connectivity index (χ0) is 14.7. The van der Waals surface area contributed by atoms with Crippen molar-refractivity contribution in [2.75, 3.05) is 5.32 Å². The van der Waals surface area contributed by atoms with Crippen molar-refractivity contribution in [3.8, 4) is 11.8 Å². The predicted molar refractivity (Wildman–Crippen MR) is 81.9 cm³/mol. The third-order valence-corrected chi connectivity index (χ3v) is 3.28. The fourth-order valence-electron chi connectivity index (χ4n) is 2.18. The highest BCUT2D eigenvalue weighted by Crippen LogP contribution is 2.22. The lowest BCUT2D eigenvalue weighted by Gasteiger charge is -2.10. The summed E-state index contributed by atoms with van der Waals surface area (Å²) in [6, 6.07) is 18.7. The zero-order valence-electron chi connectivity index (χ0n) is 11.2. The van der Waals surface area contributed by atoms with Crippen LogP contribution >= 0.6 is 0 Å². The molecule has 21 heavy (non-hydrogen) atoms. The number of rotatable bonds is 3. The van der Waals surface area contributed by atoms with E-state index in [1.54, 1.807) is 12.1 Å². The number of fused-ring (bicyclic) bond motifs is 1. The molecule has 3 rings (SSSR count). The quantitative estimate of drug-likeness (QED) is 0.768. The van der Waals surface area contributed by atoms with Crippen LogP contribution in [0.5, 0.6) is 5.75 Å². The van der Waals surface area contributed by atoms with Crippen LogP contribution in [0, 0.1) is 11.3 Å². The number of nitriles is 1. The first kappa shape index (κ1) is 12.9. The fraction of sp³-hybridized carbons (Fsp3) is 0.0588. The summed E-state index contributed by atoms with van der Waals surface area (Å²) < 4.78 is 0. The van der Waals surface area contributed by atoms with Crippen LogP contribution in [0.15, 0.2) is 54.6 Å². The number of benzene rings is 2. The van der Waals surface area contributed by atoms with E-state index in [1.165, 1.54) is 0 Å². The van der Waals surface area contributed by atoms with Crippen molar-refractivity contribution in [1.82, 2.24) is 4.98 Å². The molecule has 0 aliphatic carbocycles. The van der Waals surface area contributed by atoms with E-state index in [4.69, 9.17) is 0 Å². The summed E-state index contributed by atoms with van der Waals surface area (Å²) in [4.78, 5) is 4.48. The third kappa shape index (κ3) is 2.63. The molecule has 0 aliphatic rings. The first-order chi connectivity index (χ1) is 10.3. The van der Waals surface area contributed by atoms with Gasteiger partial charge in [0.1, 0.15) is 17.6 Å². The molecule has 2 N–H and O–H groups in total. The number of phenols is 1. The van der Waals surface area contributed by atoms with Gasteiger partial charge in [-0.15, -0.1) is 0 Å². The van der Waals surface area contributed by atoms with Crippen molar-refractivity contribution in [1.29, 1.82) is 5.26 Å². The Hall–Kier alpha value is -3.06. The molecule has 0 saturated heterocycles. The normalized spacial score (nSPS) is 10.2. The number of para-hydroxylation sites is 2. The number of anilines is 1. The van der Waals surface area contributed by atoms with Crippen LogP contribution in [0.2, 0.25) is 0 Å². The van der Waals surface area contributed by atoms with Crippen molar-refractivity contribution in [3.05, 3.63) is 65.7 Å². The maximum atomic E-state index is 9.76. The van der Waals surface area contributed by atoms with Gasteiger partial charge in [-0.3, -0.25) is 0 Å². The summed E-state index contributed by atoms with van der Waals surface area (Å²) in [5.74, 6) is 0.753. The number of hydrogen-bond acceptors (Lipinski definition) is 4. The Morgan fingerprint density at radius 3 is 2.67 bits per heavy atom. The van der Waals surface area contributed by atoms with Crippen LogP contribution in [0.3, 0.4) is 0 Å². The monoisotopic (exact) mass is 275 g/mol. The second-order valence-electron chi connectivity index (χ2n) is 4.67. The second kappa shape index (κ2) is 5.51. The Balaban J connectivity index is 1.93. The van der Waals surface area contributed by atoms with Gasteiger partial charge in [-0.25, -0.2) is 4.98 Å². The van der Waals surface area contributed by atoms with E-state index in [9.17, 15) is 10.4 Å². The van der Waals surface area contributed by atoms with Gasteiger partial charge in [0.15, 0.2) is 0 Å². The fourth-order valence-corrected chi connectivity index (χ4v) is 2.18. The molecule has 0 fully saturated rings. The van der Waals surface area contributed by atoms with Gasteiger partial charge >= 0.3 is 0 Å². The molecule has 0 saturated carbocycles. The molecule has 102 valence electrons. The summed E-state index contributed by atoms with van der Waals surface area (Å²) in [5.41, 5.74) is 2.08. The number of pyridine rings is 1. The molecule has 3 aromatic rings. The highest BCUT2D eigenvalue weighted by Gasteiger charge is 2.07. The molecule has 1 heterocycles. The van der Waals surface area contributed by atoms with E-state index >= 15 is 0 Å². The summed E-state index contributed by atoms with van der Waals surface area (Å²) in [5, 5.41) is 23.1. The number of hydrogen-bond donors (Lipinski definition) is 2. The van der Waals surface area contributed by atoms with Gasteiger partial charge < -0.3 is 10.4 Å². The molecular formula is C17H13N3O. The first-order valence-corrected chi connectivity index (χ1v) is 6.58. The van der Waals surface area contributed by atoms with Gasteiger partial charge in [0.25, 0.3) is 0 Å². The SMILES string of the molecule is N#Cc1cc2ccccc2nc1NCc1ccccc1O. The molecule has 1 aromatic heterocycles. The molecule has 0 atom stereocenters. The summed E-state index contributed by atoms with van der Waals surface area (Å²) in [6.07, 6.45) is 0. The Labute approximate surface area is 122 Å². The lowest BCUT2D eigenvalue weighted by Crippen LogP contribution is -2.04. The Bertz CT molecular complexity index is 837. The summed E-state index contributed by atoms with van der Waals surface area (Å²) in [7, 11) is 0. The largest absolute Gasteiger partial charge is 0.508 e. The Kier molecular flexibility index (Phi) is 3.40. The van der Waals surface area contributed by atoms with Crippen molar-refractivity contribution in [2.24, 2.45) is 0 Å². The van der Waals surface area contributed by atoms with Crippen molar-refractivity contribution in [3.63, 3.8) is 0 Å². The predicted octanol–water partition coefficient (Wildman–Crippen LogP) is 3.42. The molecule has 4 heteroatoms. The van der Waals surface area contributed by atoms with E-state index in [-0.39, 0.29) is 5.75 Å². The molecule has 0 unspecified atom stereocenters. The van der Waals surface area contributed by atoms with E-state index in [0.717, 1.165) is 16.5 Å². The topological polar surface area (TPSA) is 68.9 Å². The van der Waals surface area contributed by atoms with E-state index in [0.29, 0.717) is 17.9 Å². The minimum absolute atomic E-state index is 0.226. The maximum absolute atomic E-state index is 9.76. The number of phenolic OH excluding ortho intramolecular Hbond substituents is 1. The average Bonchev–Trinajstić information content (AvgIpc) is 2.53. The van der Waals surface area contributed by atoms with Crippen molar-refractivity contribution < 1.29 is 5.11 Å². The molecule has 0 aliphatic heterocycles. The molecule has 0 bridgehead atoms. The molecule has 0 amide bonds. The minimum atomic E-state index is 0.226. The van der Waals surface area contributed by atoms with Crippen LogP contribution in [-0.4, -0.2) is 10.1 Å². The molecule has 2 aromatic carbocycles. The van der Waals surface area contributed by atoms with Crippen LogP contribution in [0.1, 0.15) is 11.1 Å². The van der Waals surface area contributed by atoms with Gasteiger partial charge in [0, 0.05) is 17.5 Å². The summed E-state index contributed by atoms with van der Waals surface area (Å²) in [6.45, 7) is 0.409. The standard InChI is InChI=1S/C17H13N3O/c18-10-14-9-12-5-1-3-7-15(12)20-17(14)19-11-13-6-2-4-8-16(13)21/h1-9,21H,11H2,(H,19,20). The Morgan fingerprint density at radius 1 is 1.10 bits per heavy atom. The van der Waals surface area contributed by atoms with Crippen molar-refractivity contribution in [2.45, 2.75) is 6.54 Å². The van der Waals surface area contributed by atoms with Crippen LogP contribution in [0.4, 0.5) is 5.82 Å². The van der Waals surface area contributed by atoms with Gasteiger partial charge in [0.05, 0.1) is 11.1 Å². The highest BCUT2D eigenvalue weighted by molar-refractivity contribution is 5.82. The highest BCUT2D eigenvalue weighted by atomic mass is 16.3. The van der Waals surface area contributed by atoms with E-state index in [1.807, 2.05) is 42.5 Å². The smallest absolute Gasteiger partial charge is 0.144 e. The Morgan fingerprint density at radius 2 is 1.86 bits per heavy atom. The first-order valence-electron chi connectivity index (χ1n) is 6.58. The van der Waals surface area contributed by atoms with Gasteiger partial charge in [-0.2, -0.15) is 5.26 Å². The van der Waals surface area contributed by atoms with Gasteiger partial charge in [-0.1, -0.05) is 36.4 Å². The van der Waals surface area contributed by atoms with Crippen LogP contribution < -0.4 is 5.32 Å². The lowest BCUT2D eigenvalue weighted by atomic mass is 10.1. The number of nitrogens with one attached hydrogen (secondary N) is 1. The summed E-state index contributed by atoms with van der Waals surface area (Å²) >= 11 is 0. The number of nitrogens with zero attached hydrogens (tertiary/aromatic N) is 2. The number of aromatic nitrogens is 1. The molecular weight excluding hydrogens is 262 g/mol. The van der Waals surface area contributed by atoms with E-state index < -0.39 is 0 Å². The van der Waals surface area contributed by atoms with Crippen LogP contribution in [0.25, 0.3) is 10.9 Å². The van der Waals surface area contributed by atoms with Crippen molar-refractivity contribution >= 4 is 16.7 Å².